The molecule has 0 saturated carbocycles. The molecule has 0 bridgehead atoms. The molecule has 0 aromatic rings. The van der Waals surface area contributed by atoms with Crippen LogP contribution in [0, 0.1) is 12.2 Å². The van der Waals surface area contributed by atoms with Gasteiger partial charge in [0.2, 0.25) is 0 Å². The Morgan fingerprint density at radius 1 is 0.933 bits per heavy atom. The van der Waals surface area contributed by atoms with Gasteiger partial charge in [-0.15, -0.1) is 37.7 Å². The smallest absolute Gasteiger partial charge is 0.109 e. The summed E-state index contributed by atoms with van der Waals surface area (Å²) < 4.78 is 35.5. The maximum Gasteiger partial charge on any atom is -0.109 e. The van der Waals surface area contributed by atoms with Gasteiger partial charge in [-0.05, 0) is 0 Å². The summed E-state index contributed by atoms with van der Waals surface area (Å²) in [6.07, 6.45) is 30.0. The van der Waals surface area contributed by atoms with Crippen molar-refractivity contribution in [3.05, 3.63) is 48.1 Å². The van der Waals surface area contributed by atoms with E-state index in [9.17, 15) is 13.2 Å². The first-order valence-electron chi connectivity index (χ1n) is 10.5. The monoisotopic (exact) mass is 558 g/mol. The molecule has 30 heavy (non-hydrogen) atoms. The quantitative estimate of drug-likeness (QED) is 0.142. The summed E-state index contributed by atoms with van der Waals surface area (Å²) in [5, 5.41) is 0. The molecule has 172 valence electrons. The second-order valence-electron chi connectivity index (χ2n) is 6.93. The zero-order chi connectivity index (χ0) is 21.1. The second kappa shape index (κ2) is 24.1. The third-order valence-corrected chi connectivity index (χ3v) is 9.77. The van der Waals surface area contributed by atoms with E-state index in [-0.39, 0.29) is 24.8 Å². The van der Waals surface area contributed by atoms with Gasteiger partial charge in [0.05, 0.1) is 0 Å². The van der Waals surface area contributed by atoms with Gasteiger partial charge in [-0.2, -0.15) is 12.2 Å². The molecule has 0 aromatic carbocycles. The van der Waals surface area contributed by atoms with Crippen molar-refractivity contribution in [3.8, 4) is 0 Å². The molecule has 0 heterocycles. The Morgan fingerprint density at radius 3 is 2.00 bits per heavy atom. The Morgan fingerprint density at radius 2 is 1.57 bits per heavy atom. The van der Waals surface area contributed by atoms with Gasteiger partial charge in [-0.1, -0.05) is 51.9 Å². The van der Waals surface area contributed by atoms with Crippen molar-refractivity contribution in [2.24, 2.45) is 0 Å². The van der Waals surface area contributed by atoms with Gasteiger partial charge in [-0.25, -0.2) is 23.8 Å². The van der Waals surface area contributed by atoms with E-state index in [1.165, 1.54) is 50.5 Å². The van der Waals surface area contributed by atoms with Crippen molar-refractivity contribution < 1.29 is 36.5 Å². The summed E-state index contributed by atoms with van der Waals surface area (Å²) >= 11 is 0.689. The van der Waals surface area contributed by atoms with Crippen molar-refractivity contribution in [3.63, 3.8) is 0 Å². The first kappa shape index (κ1) is 35.0. The molecule has 0 aromatic heterocycles. The van der Waals surface area contributed by atoms with Gasteiger partial charge in [-0.3, -0.25) is 12.2 Å². The van der Waals surface area contributed by atoms with Crippen LogP contribution in [0.5, 0.6) is 0 Å². The molecule has 0 nitrogen and oxygen atoms in total. The summed E-state index contributed by atoms with van der Waals surface area (Å²) in [6.45, 7) is 4.19. The molecule has 0 unspecified atom stereocenters. The van der Waals surface area contributed by atoms with E-state index < -0.39 is 11.2 Å². The standard InChI is InChI=1S/C13H21.C5H9F3Si.C5H5.2ClH.Zr/c1-2-3-4-5-6-7-10-13-11-8-9-12-13;1-2-3-4-9-5(6,7)8;1-2-4-5-3-1;;;/h11-12H,2-8,10H2,1H3;2-4H2,1H3;1-3H,4H2;2*1H;/q-1;;-1;;;+2. The number of alkyl halides is 3. The summed E-state index contributed by atoms with van der Waals surface area (Å²) in [5.41, 5.74) is -0.468. The van der Waals surface area contributed by atoms with Crippen molar-refractivity contribution in [1.29, 1.82) is 0 Å². The Hall–Kier alpha value is 0.430. The molecule has 2 aliphatic rings. The summed E-state index contributed by atoms with van der Waals surface area (Å²) in [6, 6.07) is 0.406. The number of hydrogen-bond acceptors (Lipinski definition) is 0. The number of allylic oxidation sites excluding steroid dienone is 8. The van der Waals surface area contributed by atoms with Crippen LogP contribution in [0.1, 0.15) is 84.5 Å². The minimum Gasteiger partial charge on any atom is -0.273 e. The first-order valence-corrected chi connectivity index (χ1v) is 15.9. The van der Waals surface area contributed by atoms with Crippen LogP contribution in [-0.2, 0) is 23.3 Å². The van der Waals surface area contributed by atoms with Crippen LogP contribution in [0.3, 0.4) is 0 Å². The zero-order valence-corrected chi connectivity index (χ0v) is 23.4. The average molecular weight is 561 g/mol. The van der Waals surface area contributed by atoms with Gasteiger partial charge in [0.1, 0.15) is 0 Å². The largest absolute Gasteiger partial charge is 0.273 e. The Kier molecular flexibility index (Phi) is 28.1. The third kappa shape index (κ3) is 23.1. The van der Waals surface area contributed by atoms with Crippen LogP contribution in [0.4, 0.5) is 13.2 Å². The molecule has 0 spiro atoms. The van der Waals surface area contributed by atoms with E-state index in [1.54, 1.807) is 0 Å². The van der Waals surface area contributed by atoms with Gasteiger partial charge >= 0.3 is 73.5 Å². The number of halogens is 5. The van der Waals surface area contributed by atoms with Gasteiger partial charge in [0, 0.05) is 0 Å². The Bertz CT molecular complexity index is 517. The number of unbranched alkanes of at least 4 members (excludes halogenated alkanes) is 6. The molecule has 0 N–H and O–H groups in total. The molecular weight excluding hydrogens is 523 g/mol. The van der Waals surface area contributed by atoms with Crippen molar-refractivity contribution in [2.45, 2.75) is 96.3 Å². The molecule has 0 fully saturated rings. The fourth-order valence-electron chi connectivity index (χ4n) is 2.56. The Labute approximate surface area is 210 Å². The SMILES string of the molecule is CCCCCCCCC1=CC[C-]=C1.CCCC[Si](=[Zr+2])C(F)(F)F.Cl.Cl.[C-]1=CC=CC1. The molecule has 0 radical (unpaired) electrons. The minimum atomic E-state index is -3.85. The second-order valence-corrected chi connectivity index (χ2v) is 13.4. The van der Waals surface area contributed by atoms with Crippen LogP contribution >= 0.6 is 24.8 Å². The van der Waals surface area contributed by atoms with Crippen LogP contribution in [0.15, 0.2) is 36.0 Å². The molecule has 0 amide bonds. The van der Waals surface area contributed by atoms with Gasteiger partial charge < -0.3 is 0 Å². The van der Waals surface area contributed by atoms with Crippen molar-refractivity contribution in [1.82, 2.24) is 0 Å². The molecular formula is C23H37Cl2F3SiZr. The van der Waals surface area contributed by atoms with E-state index in [1.807, 2.05) is 19.1 Å². The van der Waals surface area contributed by atoms with Gasteiger partial charge in [0.25, 0.3) is 0 Å². The fourth-order valence-corrected chi connectivity index (χ4v) is 4.85. The van der Waals surface area contributed by atoms with Crippen LogP contribution < -0.4 is 0 Å². The predicted octanol–water partition coefficient (Wildman–Crippen LogP) is 9.00. The van der Waals surface area contributed by atoms with E-state index in [2.05, 4.69) is 37.3 Å². The molecule has 7 heteroatoms. The van der Waals surface area contributed by atoms with Crippen LogP contribution in [-0.4, -0.2) is 11.2 Å². The minimum absolute atomic E-state index is 0. The summed E-state index contributed by atoms with van der Waals surface area (Å²) in [5.74, 6) is -3.85. The van der Waals surface area contributed by atoms with Gasteiger partial charge in [0.15, 0.2) is 0 Å². The maximum atomic E-state index is 11.8. The van der Waals surface area contributed by atoms with Crippen LogP contribution in [0.25, 0.3) is 0 Å². The molecule has 2 rings (SSSR count). The van der Waals surface area contributed by atoms with Crippen LogP contribution in [0.2, 0.25) is 6.04 Å². The van der Waals surface area contributed by atoms with E-state index in [0.717, 1.165) is 25.7 Å². The topological polar surface area (TPSA) is 0 Å². The molecule has 0 atom stereocenters. The third-order valence-electron chi connectivity index (χ3n) is 4.30. The van der Waals surface area contributed by atoms with Crippen molar-refractivity contribution in [2.75, 3.05) is 0 Å². The van der Waals surface area contributed by atoms with E-state index in [4.69, 9.17) is 0 Å². The summed E-state index contributed by atoms with van der Waals surface area (Å²) in [7, 11) is 0. The molecule has 0 saturated heterocycles. The Balaban J connectivity index is -0.000000382. The fraction of sp³-hybridized carbons (Fsp3) is 0.652. The van der Waals surface area contributed by atoms with E-state index >= 15 is 0 Å². The maximum absolute atomic E-state index is 11.8. The molecule has 2 aliphatic carbocycles. The normalized spacial score (nSPS) is 13.4. The van der Waals surface area contributed by atoms with E-state index in [0.29, 0.717) is 29.4 Å². The predicted molar refractivity (Wildman–Crippen MR) is 126 cm³/mol. The number of hydrogen-bond donors (Lipinski definition) is 0. The molecule has 0 aliphatic heterocycles. The summed E-state index contributed by atoms with van der Waals surface area (Å²) in [4.78, 5) is 0. The average Bonchev–Trinajstić information content (AvgIpc) is 3.39. The number of rotatable bonds is 10. The van der Waals surface area contributed by atoms with Crippen molar-refractivity contribution >= 4 is 30.2 Å². The first-order chi connectivity index (χ1) is 13.4. The zero-order valence-electron chi connectivity index (χ0n) is 18.3.